The van der Waals surface area contributed by atoms with Gasteiger partial charge in [0.2, 0.25) is 5.82 Å². The Morgan fingerprint density at radius 1 is 1.00 bits per heavy atom. The van der Waals surface area contributed by atoms with E-state index in [-0.39, 0.29) is 0 Å². The first-order valence-corrected chi connectivity index (χ1v) is 8.68. The summed E-state index contributed by atoms with van der Waals surface area (Å²) >= 11 is 5.18. The number of nitrogens with one attached hydrogen (secondary N) is 2. The van der Waals surface area contributed by atoms with Crippen LogP contribution in [0.25, 0.3) is 0 Å². The van der Waals surface area contributed by atoms with Crippen LogP contribution in [0.1, 0.15) is 36.7 Å². The van der Waals surface area contributed by atoms with Crippen LogP contribution in [0.4, 0.5) is 27.6 Å². The number of unbranched alkanes of at least 4 members (excludes halogenated alkanes) is 1. The molecule has 1 heterocycles. The molecular weight excluding hydrogens is 387 g/mol. The molecule has 0 aliphatic carbocycles. The molecule has 10 heteroatoms. The fourth-order valence-corrected chi connectivity index (χ4v) is 2.71. The van der Waals surface area contributed by atoms with E-state index in [0.717, 1.165) is 17.5 Å². The van der Waals surface area contributed by atoms with Crippen LogP contribution in [0.5, 0.6) is 0 Å². The molecule has 2 aromatic rings. The summed E-state index contributed by atoms with van der Waals surface area (Å²) in [7, 11) is 0. The Morgan fingerprint density at radius 2 is 1.56 bits per heavy atom. The number of hydrogen-bond donors (Lipinski definition) is 2. The normalized spacial score (nSPS) is 11.0. The van der Waals surface area contributed by atoms with E-state index in [2.05, 4.69) is 15.7 Å². The molecule has 2 rings (SSSR count). The molecule has 0 saturated heterocycles. The summed E-state index contributed by atoms with van der Waals surface area (Å²) in [6.07, 6.45) is 1.92. The minimum absolute atomic E-state index is 0.352. The van der Waals surface area contributed by atoms with Gasteiger partial charge in [-0.25, -0.2) is 22.0 Å². The van der Waals surface area contributed by atoms with Gasteiger partial charge in [0, 0.05) is 6.54 Å². The second kappa shape index (κ2) is 8.64. The van der Waals surface area contributed by atoms with E-state index in [9.17, 15) is 22.0 Å². The number of aromatic nitrogens is 2. The number of thiocarbonyl (C=S) groups is 1. The van der Waals surface area contributed by atoms with Gasteiger partial charge in [-0.2, -0.15) is 5.10 Å². The first-order chi connectivity index (χ1) is 12.7. The number of aryl methyl sites for hydroxylation is 1. The van der Waals surface area contributed by atoms with Crippen molar-refractivity contribution in [1.29, 1.82) is 0 Å². The second-order valence-corrected chi connectivity index (χ2v) is 6.39. The number of benzene rings is 1. The number of anilines is 1. The fourth-order valence-electron chi connectivity index (χ4n) is 2.51. The third-order valence-corrected chi connectivity index (χ3v) is 4.29. The molecule has 0 aliphatic rings. The van der Waals surface area contributed by atoms with Crippen LogP contribution in [0.15, 0.2) is 0 Å². The molecule has 2 N–H and O–H groups in total. The Hall–Kier alpha value is -2.23. The van der Waals surface area contributed by atoms with Crippen molar-refractivity contribution in [2.24, 2.45) is 0 Å². The van der Waals surface area contributed by atoms with E-state index in [1.165, 1.54) is 0 Å². The molecule has 0 radical (unpaired) electrons. The highest BCUT2D eigenvalue weighted by atomic mass is 32.1. The Kier molecular flexibility index (Phi) is 6.74. The minimum atomic E-state index is -2.19. The van der Waals surface area contributed by atoms with Gasteiger partial charge in [-0.1, -0.05) is 13.3 Å². The standard InChI is InChI=1S/C17H19F5N4S/c1-4-5-6-23-17(27)24-16-8(2)25-26(9(16)3)7-10-11(18)13(20)15(22)14(21)12(10)19/h4-7H2,1-3H3,(H2,23,24,27). The molecule has 0 fully saturated rings. The van der Waals surface area contributed by atoms with E-state index in [4.69, 9.17) is 12.2 Å². The van der Waals surface area contributed by atoms with Gasteiger partial charge >= 0.3 is 0 Å². The molecule has 148 valence electrons. The first-order valence-electron chi connectivity index (χ1n) is 8.28. The summed E-state index contributed by atoms with van der Waals surface area (Å²) in [5.41, 5.74) is 0.465. The lowest BCUT2D eigenvalue weighted by Gasteiger charge is -2.12. The lowest BCUT2D eigenvalue weighted by atomic mass is 10.1. The summed E-state index contributed by atoms with van der Waals surface area (Å²) in [6.45, 7) is 5.34. The van der Waals surface area contributed by atoms with Gasteiger partial charge in [0.25, 0.3) is 0 Å². The van der Waals surface area contributed by atoms with Crippen molar-refractivity contribution in [2.75, 3.05) is 11.9 Å². The lowest BCUT2D eigenvalue weighted by molar-refractivity contribution is 0.366. The Bertz CT molecular complexity index is 837. The Balaban J connectivity index is 2.29. The van der Waals surface area contributed by atoms with Gasteiger partial charge in [-0.15, -0.1) is 0 Å². The predicted molar refractivity (Wildman–Crippen MR) is 96.2 cm³/mol. The average Bonchev–Trinajstić information content (AvgIpc) is 2.89. The maximum Gasteiger partial charge on any atom is 0.200 e. The summed E-state index contributed by atoms with van der Waals surface area (Å²) < 4.78 is 68.9. The van der Waals surface area contributed by atoms with Crippen LogP contribution in [-0.2, 0) is 6.54 Å². The van der Waals surface area contributed by atoms with Gasteiger partial charge < -0.3 is 10.6 Å². The van der Waals surface area contributed by atoms with Gasteiger partial charge in [0.15, 0.2) is 28.4 Å². The highest BCUT2D eigenvalue weighted by Crippen LogP contribution is 2.26. The molecule has 1 aromatic carbocycles. The molecule has 0 atom stereocenters. The zero-order valence-corrected chi connectivity index (χ0v) is 15.8. The third kappa shape index (κ3) is 4.37. The predicted octanol–water partition coefficient (Wildman–Crippen LogP) is 4.33. The number of hydrogen-bond acceptors (Lipinski definition) is 2. The number of halogens is 5. The van der Waals surface area contributed by atoms with Gasteiger partial charge in [-0.05, 0) is 32.5 Å². The quantitative estimate of drug-likeness (QED) is 0.246. The van der Waals surface area contributed by atoms with Crippen molar-refractivity contribution in [3.8, 4) is 0 Å². The van der Waals surface area contributed by atoms with Crippen molar-refractivity contribution < 1.29 is 22.0 Å². The summed E-state index contributed by atoms with van der Waals surface area (Å²) in [4.78, 5) is 0. The molecular formula is C17H19F5N4S. The average molecular weight is 406 g/mol. The van der Waals surface area contributed by atoms with Crippen molar-refractivity contribution in [1.82, 2.24) is 15.1 Å². The monoisotopic (exact) mass is 406 g/mol. The number of nitrogens with zero attached hydrogens (tertiary/aromatic N) is 2. The van der Waals surface area contributed by atoms with Crippen LogP contribution in [0, 0.1) is 42.9 Å². The van der Waals surface area contributed by atoms with E-state index < -0.39 is 41.2 Å². The summed E-state index contributed by atoms with van der Waals surface area (Å²) in [5.74, 6) is -9.89. The number of rotatable bonds is 6. The van der Waals surface area contributed by atoms with Crippen LogP contribution in [0.2, 0.25) is 0 Å². The molecule has 4 nitrogen and oxygen atoms in total. The minimum Gasteiger partial charge on any atom is -0.362 e. The summed E-state index contributed by atoms with van der Waals surface area (Å²) in [5, 5.41) is 10.4. The molecule has 0 amide bonds. The topological polar surface area (TPSA) is 41.9 Å². The maximum atomic E-state index is 13.9. The summed E-state index contributed by atoms with van der Waals surface area (Å²) in [6, 6.07) is 0. The van der Waals surface area contributed by atoms with E-state index in [1.54, 1.807) is 13.8 Å². The molecule has 0 aliphatic heterocycles. The Morgan fingerprint density at radius 3 is 2.11 bits per heavy atom. The zero-order chi connectivity index (χ0) is 20.3. The maximum absolute atomic E-state index is 13.9. The Labute approximate surface area is 158 Å². The van der Waals surface area contributed by atoms with E-state index in [1.807, 2.05) is 6.92 Å². The van der Waals surface area contributed by atoms with E-state index >= 15 is 0 Å². The van der Waals surface area contributed by atoms with Crippen molar-refractivity contribution in [2.45, 2.75) is 40.2 Å². The fraction of sp³-hybridized carbons (Fsp3) is 0.412. The third-order valence-electron chi connectivity index (χ3n) is 4.04. The highest BCUT2D eigenvalue weighted by Gasteiger charge is 2.26. The van der Waals surface area contributed by atoms with Crippen molar-refractivity contribution >= 4 is 23.0 Å². The molecule has 0 bridgehead atoms. The van der Waals surface area contributed by atoms with Crippen LogP contribution >= 0.6 is 12.2 Å². The molecule has 0 saturated carbocycles. The van der Waals surface area contributed by atoms with Crippen LogP contribution in [0.3, 0.4) is 0 Å². The van der Waals surface area contributed by atoms with Gasteiger partial charge in [0.1, 0.15) is 0 Å². The first kappa shape index (κ1) is 21.1. The largest absolute Gasteiger partial charge is 0.362 e. The van der Waals surface area contributed by atoms with Gasteiger partial charge in [-0.3, -0.25) is 4.68 Å². The highest BCUT2D eigenvalue weighted by molar-refractivity contribution is 7.80. The van der Waals surface area contributed by atoms with Crippen LogP contribution in [-0.4, -0.2) is 21.4 Å². The zero-order valence-electron chi connectivity index (χ0n) is 15.0. The molecule has 0 spiro atoms. The second-order valence-electron chi connectivity index (χ2n) is 5.99. The molecule has 0 unspecified atom stereocenters. The van der Waals surface area contributed by atoms with Crippen LogP contribution < -0.4 is 10.6 Å². The van der Waals surface area contributed by atoms with Gasteiger partial charge in [0.05, 0.1) is 29.2 Å². The smallest absolute Gasteiger partial charge is 0.200 e. The lowest BCUT2D eigenvalue weighted by Crippen LogP contribution is -2.29. The molecule has 27 heavy (non-hydrogen) atoms. The van der Waals surface area contributed by atoms with Crippen molar-refractivity contribution in [3.05, 3.63) is 46.0 Å². The SMILES string of the molecule is CCCCNC(=S)Nc1c(C)nn(Cc2c(F)c(F)c(F)c(F)c2F)c1C. The van der Waals surface area contributed by atoms with E-state index in [0.29, 0.717) is 28.7 Å². The van der Waals surface area contributed by atoms with Crippen molar-refractivity contribution in [3.63, 3.8) is 0 Å². The molecule has 1 aromatic heterocycles.